The highest BCUT2D eigenvalue weighted by Crippen LogP contribution is 2.14. The summed E-state index contributed by atoms with van der Waals surface area (Å²) in [5, 5.41) is 4.90. The van der Waals surface area contributed by atoms with Gasteiger partial charge in [0.05, 0.1) is 25.2 Å². The molecule has 0 bridgehead atoms. The Labute approximate surface area is 134 Å². The molecule has 2 atom stereocenters. The number of carbonyl (C=O) groups excluding carboxylic acids is 2. The van der Waals surface area contributed by atoms with Crippen LogP contribution in [-0.2, 0) is 25.5 Å². The molecular formula is C15H22N2O4S. The normalized spacial score (nSPS) is 21.4. The SMILES string of the molecule is CN(C)C(=O)CO[C@@H]1CCOC[C@@H]1NC(=O)Cc1cccs1. The Bertz CT molecular complexity index is 490. The predicted octanol–water partition coefficient (Wildman–Crippen LogP) is 0.669. The molecule has 0 unspecified atom stereocenters. The summed E-state index contributed by atoms with van der Waals surface area (Å²) >= 11 is 1.56. The molecule has 1 aliphatic heterocycles. The number of likely N-dealkylation sites (N-methyl/N-ethyl adjacent to an activating group) is 1. The first-order valence-electron chi connectivity index (χ1n) is 7.27. The minimum absolute atomic E-state index is 0.0228. The van der Waals surface area contributed by atoms with E-state index in [0.29, 0.717) is 26.1 Å². The van der Waals surface area contributed by atoms with Crippen LogP contribution in [0.3, 0.4) is 0 Å². The maximum absolute atomic E-state index is 12.1. The summed E-state index contributed by atoms with van der Waals surface area (Å²) in [4.78, 5) is 26.2. The lowest BCUT2D eigenvalue weighted by Gasteiger charge is -2.32. The summed E-state index contributed by atoms with van der Waals surface area (Å²) in [5.74, 6) is -0.138. The third-order valence-electron chi connectivity index (χ3n) is 3.47. The Kier molecular flexibility index (Phi) is 6.35. The number of hydrogen-bond donors (Lipinski definition) is 1. The Balaban J connectivity index is 1.83. The first kappa shape index (κ1) is 16.9. The summed E-state index contributed by atoms with van der Waals surface area (Å²) in [6, 6.07) is 3.65. The third-order valence-corrected chi connectivity index (χ3v) is 4.35. The van der Waals surface area contributed by atoms with E-state index in [9.17, 15) is 9.59 Å². The second-order valence-electron chi connectivity index (χ2n) is 5.43. The van der Waals surface area contributed by atoms with Crippen LogP contribution in [0.4, 0.5) is 0 Å². The van der Waals surface area contributed by atoms with Gasteiger partial charge in [-0.05, 0) is 17.9 Å². The summed E-state index contributed by atoms with van der Waals surface area (Å²) in [5.41, 5.74) is 0. The maximum Gasteiger partial charge on any atom is 0.248 e. The van der Waals surface area contributed by atoms with E-state index in [-0.39, 0.29) is 30.6 Å². The van der Waals surface area contributed by atoms with E-state index in [2.05, 4.69) is 5.32 Å². The molecule has 0 spiro atoms. The number of rotatable bonds is 6. The van der Waals surface area contributed by atoms with Crippen LogP contribution in [0, 0.1) is 0 Å². The largest absolute Gasteiger partial charge is 0.379 e. The van der Waals surface area contributed by atoms with Crippen LogP contribution < -0.4 is 5.32 Å². The predicted molar refractivity (Wildman–Crippen MR) is 83.8 cm³/mol. The van der Waals surface area contributed by atoms with Crippen molar-refractivity contribution in [3.8, 4) is 0 Å². The molecule has 7 heteroatoms. The number of thiophene rings is 1. The van der Waals surface area contributed by atoms with E-state index in [1.165, 1.54) is 4.90 Å². The molecule has 2 rings (SSSR count). The molecule has 0 aromatic carbocycles. The number of hydrogen-bond acceptors (Lipinski definition) is 5. The molecule has 1 fully saturated rings. The zero-order valence-corrected chi connectivity index (χ0v) is 13.7. The lowest BCUT2D eigenvalue weighted by molar-refractivity contribution is -0.140. The van der Waals surface area contributed by atoms with Gasteiger partial charge in [-0.3, -0.25) is 9.59 Å². The molecule has 0 radical (unpaired) electrons. The van der Waals surface area contributed by atoms with E-state index < -0.39 is 0 Å². The first-order valence-corrected chi connectivity index (χ1v) is 8.15. The van der Waals surface area contributed by atoms with Crippen molar-refractivity contribution in [2.45, 2.75) is 25.0 Å². The van der Waals surface area contributed by atoms with Gasteiger partial charge in [0.15, 0.2) is 0 Å². The molecule has 1 aromatic rings. The number of carbonyl (C=O) groups is 2. The van der Waals surface area contributed by atoms with Crippen LogP contribution in [0.15, 0.2) is 17.5 Å². The van der Waals surface area contributed by atoms with Crippen LogP contribution in [0.2, 0.25) is 0 Å². The molecular weight excluding hydrogens is 304 g/mol. The van der Waals surface area contributed by atoms with Crippen LogP contribution >= 0.6 is 11.3 Å². The second kappa shape index (κ2) is 8.26. The van der Waals surface area contributed by atoms with Crippen molar-refractivity contribution in [1.82, 2.24) is 10.2 Å². The van der Waals surface area contributed by atoms with Crippen LogP contribution in [0.5, 0.6) is 0 Å². The summed E-state index contributed by atoms with van der Waals surface area (Å²) in [7, 11) is 3.38. The molecule has 6 nitrogen and oxygen atoms in total. The fourth-order valence-corrected chi connectivity index (χ4v) is 2.89. The van der Waals surface area contributed by atoms with Gasteiger partial charge in [-0.1, -0.05) is 6.07 Å². The summed E-state index contributed by atoms with van der Waals surface area (Å²) in [6.07, 6.45) is 0.840. The van der Waals surface area contributed by atoms with Crippen molar-refractivity contribution in [2.24, 2.45) is 0 Å². The van der Waals surface area contributed by atoms with Crippen LogP contribution in [-0.4, -0.2) is 62.8 Å². The molecule has 2 amide bonds. The highest BCUT2D eigenvalue weighted by atomic mass is 32.1. The van der Waals surface area contributed by atoms with Gasteiger partial charge in [-0.25, -0.2) is 0 Å². The molecule has 0 aliphatic carbocycles. The Hall–Kier alpha value is -1.44. The zero-order valence-electron chi connectivity index (χ0n) is 12.9. The van der Waals surface area contributed by atoms with E-state index in [1.807, 2.05) is 17.5 Å². The smallest absolute Gasteiger partial charge is 0.248 e. The lowest BCUT2D eigenvalue weighted by Crippen LogP contribution is -2.51. The average molecular weight is 326 g/mol. The topological polar surface area (TPSA) is 67.9 Å². The maximum atomic E-state index is 12.1. The van der Waals surface area contributed by atoms with Gasteiger partial charge >= 0.3 is 0 Å². The number of nitrogens with one attached hydrogen (secondary N) is 1. The van der Waals surface area contributed by atoms with E-state index >= 15 is 0 Å². The van der Waals surface area contributed by atoms with Gasteiger partial charge < -0.3 is 19.7 Å². The number of nitrogens with zero attached hydrogens (tertiary/aromatic N) is 1. The van der Waals surface area contributed by atoms with E-state index in [0.717, 1.165) is 4.88 Å². The van der Waals surface area contributed by atoms with Crippen molar-refractivity contribution < 1.29 is 19.1 Å². The van der Waals surface area contributed by atoms with Gasteiger partial charge in [0.2, 0.25) is 11.8 Å². The molecule has 22 heavy (non-hydrogen) atoms. The van der Waals surface area contributed by atoms with Gasteiger partial charge in [0, 0.05) is 25.6 Å². The molecule has 1 saturated heterocycles. The standard InChI is InChI=1S/C15H22N2O4S/c1-17(2)15(19)10-21-13-5-6-20-9-12(13)16-14(18)8-11-4-3-7-22-11/h3-4,7,12-13H,5-6,8-10H2,1-2H3,(H,16,18)/t12-,13+/m0/s1. The van der Waals surface area contributed by atoms with Gasteiger partial charge in [-0.2, -0.15) is 0 Å². The Morgan fingerprint density at radius 2 is 2.32 bits per heavy atom. The van der Waals surface area contributed by atoms with Gasteiger partial charge in [0.25, 0.3) is 0 Å². The van der Waals surface area contributed by atoms with Crippen molar-refractivity contribution in [3.05, 3.63) is 22.4 Å². The molecule has 1 aliphatic rings. The summed E-state index contributed by atoms with van der Waals surface area (Å²) in [6.45, 7) is 1.02. The molecule has 1 aromatic heterocycles. The van der Waals surface area contributed by atoms with E-state index in [4.69, 9.17) is 9.47 Å². The van der Waals surface area contributed by atoms with Crippen molar-refractivity contribution in [2.75, 3.05) is 33.9 Å². The van der Waals surface area contributed by atoms with Crippen LogP contribution in [0.25, 0.3) is 0 Å². The molecule has 122 valence electrons. The second-order valence-corrected chi connectivity index (χ2v) is 6.46. The number of amides is 2. The van der Waals surface area contributed by atoms with E-state index in [1.54, 1.807) is 25.4 Å². The van der Waals surface area contributed by atoms with Crippen molar-refractivity contribution in [3.63, 3.8) is 0 Å². The molecule has 2 heterocycles. The highest BCUT2D eigenvalue weighted by Gasteiger charge is 2.28. The fourth-order valence-electron chi connectivity index (χ4n) is 2.19. The molecule has 1 N–H and O–H groups in total. The summed E-state index contributed by atoms with van der Waals surface area (Å²) < 4.78 is 11.1. The number of ether oxygens (including phenoxy) is 2. The minimum Gasteiger partial charge on any atom is -0.379 e. The Morgan fingerprint density at radius 3 is 3.00 bits per heavy atom. The van der Waals surface area contributed by atoms with Gasteiger partial charge in [0.1, 0.15) is 6.61 Å². The first-order chi connectivity index (χ1) is 10.6. The van der Waals surface area contributed by atoms with Crippen molar-refractivity contribution in [1.29, 1.82) is 0 Å². The van der Waals surface area contributed by atoms with Crippen molar-refractivity contribution >= 4 is 23.2 Å². The lowest BCUT2D eigenvalue weighted by atomic mass is 10.1. The highest BCUT2D eigenvalue weighted by molar-refractivity contribution is 7.10. The quantitative estimate of drug-likeness (QED) is 0.834. The molecule has 0 saturated carbocycles. The third kappa shape index (κ3) is 5.08. The monoisotopic (exact) mass is 326 g/mol. The van der Waals surface area contributed by atoms with Gasteiger partial charge in [-0.15, -0.1) is 11.3 Å². The average Bonchev–Trinajstić information content (AvgIpc) is 2.98. The fraction of sp³-hybridized carbons (Fsp3) is 0.600. The minimum atomic E-state index is -0.212. The zero-order chi connectivity index (χ0) is 15.9. The van der Waals surface area contributed by atoms with Crippen LogP contribution in [0.1, 0.15) is 11.3 Å². The Morgan fingerprint density at radius 1 is 1.50 bits per heavy atom.